The van der Waals surface area contributed by atoms with Crippen molar-refractivity contribution in [2.45, 2.75) is 33.8 Å². The number of nitrogens with zero attached hydrogens (tertiary/aromatic N) is 1. The molecular weight excluding hydrogens is 217 g/mol. The standard InChI is InChI=1S/C14H22FNO/c1-5-16(9-10(2)3)14-7-6-12(11(4)17)8-13(14)15/h6-8,10-11,17H,5,9H2,1-4H3. The molecular formula is C14H22FNO. The number of hydrogen-bond donors (Lipinski definition) is 1. The van der Waals surface area contributed by atoms with Crippen molar-refractivity contribution >= 4 is 5.69 Å². The second kappa shape index (κ2) is 6.01. The lowest BCUT2D eigenvalue weighted by molar-refractivity contribution is 0.199. The molecule has 1 unspecified atom stereocenters. The van der Waals surface area contributed by atoms with E-state index in [2.05, 4.69) is 13.8 Å². The first-order valence-electron chi connectivity index (χ1n) is 6.18. The third kappa shape index (κ3) is 3.70. The number of anilines is 1. The van der Waals surface area contributed by atoms with Crippen LogP contribution in [0.3, 0.4) is 0 Å². The van der Waals surface area contributed by atoms with E-state index < -0.39 is 6.10 Å². The molecule has 1 rings (SSSR count). The van der Waals surface area contributed by atoms with Gasteiger partial charge >= 0.3 is 0 Å². The minimum Gasteiger partial charge on any atom is -0.389 e. The highest BCUT2D eigenvalue weighted by molar-refractivity contribution is 5.49. The number of halogens is 1. The Morgan fingerprint density at radius 3 is 2.35 bits per heavy atom. The Hall–Kier alpha value is -1.09. The summed E-state index contributed by atoms with van der Waals surface area (Å²) in [6.07, 6.45) is -0.626. The highest BCUT2D eigenvalue weighted by Crippen LogP contribution is 2.24. The second-order valence-corrected chi connectivity index (χ2v) is 4.82. The summed E-state index contributed by atoms with van der Waals surface area (Å²) in [4.78, 5) is 2.02. The normalized spacial score (nSPS) is 12.9. The van der Waals surface area contributed by atoms with Gasteiger partial charge in [0.1, 0.15) is 5.82 Å². The molecule has 0 saturated carbocycles. The van der Waals surface area contributed by atoms with Crippen molar-refractivity contribution in [3.8, 4) is 0 Å². The molecule has 0 aliphatic heterocycles. The highest BCUT2D eigenvalue weighted by Gasteiger charge is 2.13. The lowest BCUT2D eigenvalue weighted by Crippen LogP contribution is -2.28. The first kappa shape index (κ1) is 14.0. The molecule has 0 spiro atoms. The van der Waals surface area contributed by atoms with E-state index in [0.29, 0.717) is 17.2 Å². The van der Waals surface area contributed by atoms with Crippen LogP contribution in [0.1, 0.15) is 39.4 Å². The molecule has 17 heavy (non-hydrogen) atoms. The van der Waals surface area contributed by atoms with Crippen molar-refractivity contribution < 1.29 is 9.50 Å². The average molecular weight is 239 g/mol. The molecule has 0 fully saturated rings. The Morgan fingerprint density at radius 1 is 1.29 bits per heavy atom. The molecule has 0 aliphatic rings. The zero-order chi connectivity index (χ0) is 13.0. The topological polar surface area (TPSA) is 23.5 Å². The van der Waals surface area contributed by atoms with Gasteiger partial charge in [-0.1, -0.05) is 19.9 Å². The number of aliphatic hydroxyl groups is 1. The smallest absolute Gasteiger partial charge is 0.146 e. The third-order valence-electron chi connectivity index (χ3n) is 2.76. The van der Waals surface area contributed by atoms with Gasteiger partial charge in [0.15, 0.2) is 0 Å². The molecule has 1 aromatic carbocycles. The summed E-state index contributed by atoms with van der Waals surface area (Å²) in [6, 6.07) is 4.96. The predicted molar refractivity (Wildman–Crippen MR) is 69.8 cm³/mol. The Balaban J connectivity index is 2.96. The number of benzene rings is 1. The van der Waals surface area contributed by atoms with Crippen LogP contribution in [-0.2, 0) is 0 Å². The maximum absolute atomic E-state index is 13.9. The minimum absolute atomic E-state index is 0.258. The van der Waals surface area contributed by atoms with E-state index in [0.717, 1.165) is 13.1 Å². The van der Waals surface area contributed by atoms with Crippen molar-refractivity contribution in [2.75, 3.05) is 18.0 Å². The van der Waals surface area contributed by atoms with Crippen LogP contribution in [0.5, 0.6) is 0 Å². The zero-order valence-electron chi connectivity index (χ0n) is 11.1. The average Bonchev–Trinajstić information content (AvgIpc) is 2.25. The maximum atomic E-state index is 13.9. The van der Waals surface area contributed by atoms with Crippen LogP contribution >= 0.6 is 0 Å². The fraction of sp³-hybridized carbons (Fsp3) is 0.571. The fourth-order valence-electron chi connectivity index (χ4n) is 1.88. The Labute approximate surface area is 103 Å². The molecule has 2 nitrogen and oxygen atoms in total. The van der Waals surface area contributed by atoms with Crippen LogP contribution in [-0.4, -0.2) is 18.2 Å². The van der Waals surface area contributed by atoms with Crippen molar-refractivity contribution in [1.82, 2.24) is 0 Å². The van der Waals surface area contributed by atoms with Crippen LogP contribution in [0.2, 0.25) is 0 Å². The largest absolute Gasteiger partial charge is 0.389 e. The summed E-state index contributed by atoms with van der Waals surface area (Å²) in [5.41, 5.74) is 1.23. The molecule has 0 aliphatic carbocycles. The lowest BCUT2D eigenvalue weighted by Gasteiger charge is -2.26. The molecule has 0 bridgehead atoms. The summed E-state index contributed by atoms with van der Waals surface area (Å²) in [5.74, 6) is 0.233. The highest BCUT2D eigenvalue weighted by atomic mass is 19.1. The monoisotopic (exact) mass is 239 g/mol. The zero-order valence-corrected chi connectivity index (χ0v) is 11.1. The molecule has 0 radical (unpaired) electrons. The van der Waals surface area contributed by atoms with Gasteiger partial charge < -0.3 is 10.0 Å². The van der Waals surface area contributed by atoms with Crippen LogP contribution in [0, 0.1) is 11.7 Å². The van der Waals surface area contributed by atoms with E-state index in [-0.39, 0.29) is 5.82 Å². The van der Waals surface area contributed by atoms with Gasteiger partial charge in [0.2, 0.25) is 0 Å². The molecule has 0 amide bonds. The van der Waals surface area contributed by atoms with E-state index >= 15 is 0 Å². The number of rotatable bonds is 5. The Morgan fingerprint density at radius 2 is 1.94 bits per heavy atom. The van der Waals surface area contributed by atoms with Crippen LogP contribution < -0.4 is 4.90 Å². The summed E-state index contributed by atoms with van der Waals surface area (Å²) in [7, 11) is 0. The van der Waals surface area contributed by atoms with Gasteiger partial charge in [-0.15, -0.1) is 0 Å². The van der Waals surface area contributed by atoms with E-state index in [9.17, 15) is 9.50 Å². The number of hydrogen-bond acceptors (Lipinski definition) is 2. The predicted octanol–water partition coefficient (Wildman–Crippen LogP) is 3.36. The fourth-order valence-corrected chi connectivity index (χ4v) is 1.88. The maximum Gasteiger partial charge on any atom is 0.146 e. The Bertz CT molecular complexity index is 363. The van der Waals surface area contributed by atoms with Crippen LogP contribution in [0.25, 0.3) is 0 Å². The molecule has 1 N–H and O–H groups in total. The third-order valence-corrected chi connectivity index (χ3v) is 2.76. The van der Waals surface area contributed by atoms with Gasteiger partial charge in [-0.3, -0.25) is 0 Å². The second-order valence-electron chi connectivity index (χ2n) is 4.82. The van der Waals surface area contributed by atoms with Gasteiger partial charge in [-0.05, 0) is 37.5 Å². The summed E-state index contributed by atoms with van der Waals surface area (Å²) < 4.78 is 13.9. The van der Waals surface area contributed by atoms with E-state index in [1.54, 1.807) is 19.1 Å². The lowest BCUT2D eigenvalue weighted by atomic mass is 10.1. The Kier molecular flexibility index (Phi) is 4.94. The van der Waals surface area contributed by atoms with E-state index in [4.69, 9.17) is 0 Å². The molecule has 1 aromatic rings. The summed E-state index contributed by atoms with van der Waals surface area (Å²) in [5, 5.41) is 9.40. The van der Waals surface area contributed by atoms with Gasteiger partial charge in [0, 0.05) is 13.1 Å². The first-order valence-corrected chi connectivity index (χ1v) is 6.18. The number of aliphatic hydroxyl groups excluding tert-OH is 1. The molecule has 0 aromatic heterocycles. The van der Waals surface area contributed by atoms with Crippen molar-refractivity contribution in [1.29, 1.82) is 0 Å². The summed E-state index contributed by atoms with van der Waals surface area (Å²) >= 11 is 0. The van der Waals surface area contributed by atoms with Crippen LogP contribution in [0.4, 0.5) is 10.1 Å². The van der Waals surface area contributed by atoms with Gasteiger partial charge in [0.25, 0.3) is 0 Å². The van der Waals surface area contributed by atoms with E-state index in [1.165, 1.54) is 6.07 Å². The SMILES string of the molecule is CCN(CC(C)C)c1ccc(C(C)O)cc1F. The van der Waals surface area contributed by atoms with Crippen LogP contribution in [0.15, 0.2) is 18.2 Å². The molecule has 3 heteroatoms. The quantitative estimate of drug-likeness (QED) is 0.851. The first-order chi connectivity index (χ1) is 7.95. The molecule has 0 heterocycles. The molecule has 1 atom stereocenters. The van der Waals surface area contributed by atoms with Gasteiger partial charge in [-0.2, -0.15) is 0 Å². The van der Waals surface area contributed by atoms with Crippen molar-refractivity contribution in [3.05, 3.63) is 29.6 Å². The molecule has 0 saturated heterocycles. The van der Waals surface area contributed by atoms with Crippen molar-refractivity contribution in [2.24, 2.45) is 5.92 Å². The van der Waals surface area contributed by atoms with Gasteiger partial charge in [-0.25, -0.2) is 4.39 Å². The molecule has 96 valence electrons. The van der Waals surface area contributed by atoms with E-state index in [1.807, 2.05) is 11.8 Å². The summed E-state index contributed by atoms with van der Waals surface area (Å²) in [6.45, 7) is 9.50. The van der Waals surface area contributed by atoms with Gasteiger partial charge in [0.05, 0.1) is 11.8 Å². The minimum atomic E-state index is -0.626. The van der Waals surface area contributed by atoms with Crippen molar-refractivity contribution in [3.63, 3.8) is 0 Å².